The van der Waals surface area contributed by atoms with Crippen molar-refractivity contribution in [1.29, 1.82) is 0 Å². The van der Waals surface area contributed by atoms with E-state index in [0.717, 1.165) is 25.7 Å². The molecule has 1 aliphatic rings. The highest BCUT2D eigenvalue weighted by molar-refractivity contribution is 5.95. The average Bonchev–Trinajstić information content (AvgIpc) is 2.47. The monoisotopic (exact) mass is 288 g/mol. The summed E-state index contributed by atoms with van der Waals surface area (Å²) >= 11 is 0. The van der Waals surface area contributed by atoms with E-state index in [1.165, 1.54) is 12.5 Å². The fourth-order valence-electron chi connectivity index (χ4n) is 2.68. The van der Waals surface area contributed by atoms with Gasteiger partial charge in [0.25, 0.3) is 0 Å². The Labute approximate surface area is 125 Å². The summed E-state index contributed by atoms with van der Waals surface area (Å²) in [6.07, 6.45) is 5.12. The molecule has 0 aromatic heterocycles. The number of hydrogen-bond donors (Lipinski definition) is 2. The van der Waals surface area contributed by atoms with Gasteiger partial charge in [0.05, 0.1) is 12.1 Å². The number of halogens is 1. The topological polar surface area (TPSA) is 55.1 Å². The Morgan fingerprint density at radius 3 is 2.71 bits per heavy atom. The predicted molar refractivity (Wildman–Crippen MR) is 82.2 cm³/mol. The zero-order chi connectivity index (χ0) is 15.3. The molecule has 3 N–H and O–H groups in total. The molecule has 1 amide bonds. The number of carbonyl (C=O) groups is 1. The first-order chi connectivity index (χ1) is 10.0. The molecule has 0 atom stereocenters. The first-order valence-electron chi connectivity index (χ1n) is 7.35. The Morgan fingerprint density at radius 1 is 1.38 bits per heavy atom. The summed E-state index contributed by atoms with van der Waals surface area (Å²) in [5, 5.41) is 2.82. The van der Waals surface area contributed by atoms with Gasteiger partial charge in [-0.2, -0.15) is 0 Å². The Bertz CT molecular complexity index is 580. The summed E-state index contributed by atoms with van der Waals surface area (Å²) in [6.45, 7) is 2.18. The van der Waals surface area contributed by atoms with Gasteiger partial charge < -0.3 is 11.1 Å². The highest BCUT2D eigenvalue weighted by Crippen LogP contribution is 2.36. The van der Waals surface area contributed by atoms with Crippen molar-refractivity contribution in [3.8, 4) is 11.8 Å². The van der Waals surface area contributed by atoms with Crippen LogP contribution in [0.15, 0.2) is 18.2 Å². The minimum atomic E-state index is -0.442. The van der Waals surface area contributed by atoms with E-state index in [-0.39, 0.29) is 17.9 Å². The van der Waals surface area contributed by atoms with Gasteiger partial charge in [-0.3, -0.25) is 4.79 Å². The van der Waals surface area contributed by atoms with Crippen molar-refractivity contribution < 1.29 is 9.18 Å². The maximum atomic E-state index is 13.9. The number of anilines is 1. The zero-order valence-corrected chi connectivity index (χ0v) is 12.3. The molecule has 1 saturated carbocycles. The van der Waals surface area contributed by atoms with E-state index in [4.69, 9.17) is 5.73 Å². The second-order valence-corrected chi connectivity index (χ2v) is 5.78. The number of hydrogen-bond acceptors (Lipinski definition) is 2. The molecule has 3 nitrogen and oxygen atoms in total. The highest BCUT2D eigenvalue weighted by Gasteiger charge is 2.34. The summed E-state index contributed by atoms with van der Waals surface area (Å²) in [6, 6.07) is 4.55. The molecule has 1 aliphatic carbocycles. The minimum Gasteiger partial charge on any atom is -0.326 e. The molecular formula is C17H21FN2O. The number of amides is 1. The SMILES string of the molecule is CC1(C(=O)Nc2ccc(C#CCN)c(F)c2)CCCCC1. The lowest BCUT2D eigenvalue weighted by Crippen LogP contribution is -2.35. The van der Waals surface area contributed by atoms with Gasteiger partial charge in [0.15, 0.2) is 0 Å². The van der Waals surface area contributed by atoms with E-state index in [1.807, 2.05) is 6.92 Å². The lowest BCUT2D eigenvalue weighted by atomic mass is 9.75. The van der Waals surface area contributed by atoms with E-state index in [2.05, 4.69) is 17.2 Å². The van der Waals surface area contributed by atoms with Gasteiger partial charge in [-0.15, -0.1) is 0 Å². The molecule has 2 rings (SSSR count). The standard InChI is InChI=1S/C17H21FN2O/c1-17(9-3-2-4-10-17)16(21)20-14-8-7-13(6-5-11-19)15(18)12-14/h7-8,12H,2-4,9-11,19H2,1H3,(H,20,21). The Hall–Kier alpha value is -1.86. The van der Waals surface area contributed by atoms with Crippen LogP contribution in [-0.4, -0.2) is 12.5 Å². The first kappa shape index (κ1) is 15.5. The summed E-state index contributed by atoms with van der Waals surface area (Å²) < 4.78 is 13.9. The van der Waals surface area contributed by atoms with Crippen LogP contribution in [-0.2, 0) is 4.79 Å². The van der Waals surface area contributed by atoms with Crippen LogP contribution in [0.25, 0.3) is 0 Å². The number of rotatable bonds is 2. The fraction of sp³-hybridized carbons (Fsp3) is 0.471. The highest BCUT2D eigenvalue weighted by atomic mass is 19.1. The Balaban J connectivity index is 2.09. The molecule has 1 aromatic rings. The van der Waals surface area contributed by atoms with Crippen molar-refractivity contribution in [1.82, 2.24) is 0 Å². The Kier molecular flexibility index (Phi) is 4.98. The van der Waals surface area contributed by atoms with E-state index >= 15 is 0 Å². The lowest BCUT2D eigenvalue weighted by Gasteiger charge is -2.32. The van der Waals surface area contributed by atoms with Crippen molar-refractivity contribution in [3.05, 3.63) is 29.6 Å². The quantitative estimate of drug-likeness (QED) is 0.822. The second kappa shape index (κ2) is 6.73. The van der Waals surface area contributed by atoms with Gasteiger partial charge in [0.2, 0.25) is 5.91 Å². The number of carbonyl (C=O) groups excluding carboxylic acids is 1. The van der Waals surface area contributed by atoms with Crippen molar-refractivity contribution in [2.24, 2.45) is 11.1 Å². The van der Waals surface area contributed by atoms with Crippen molar-refractivity contribution >= 4 is 11.6 Å². The molecule has 0 unspecified atom stereocenters. The third-order valence-corrected chi connectivity index (χ3v) is 4.06. The third kappa shape index (κ3) is 3.83. The molecule has 0 saturated heterocycles. The average molecular weight is 288 g/mol. The van der Waals surface area contributed by atoms with Crippen LogP contribution in [0.1, 0.15) is 44.6 Å². The molecular weight excluding hydrogens is 267 g/mol. The Morgan fingerprint density at radius 2 is 2.10 bits per heavy atom. The first-order valence-corrected chi connectivity index (χ1v) is 7.35. The summed E-state index contributed by atoms with van der Waals surface area (Å²) in [5.74, 6) is 4.81. The molecule has 0 radical (unpaired) electrons. The molecule has 21 heavy (non-hydrogen) atoms. The van der Waals surface area contributed by atoms with Crippen molar-refractivity contribution in [3.63, 3.8) is 0 Å². The minimum absolute atomic E-state index is 0.0256. The molecule has 0 aliphatic heterocycles. The van der Waals surface area contributed by atoms with Gasteiger partial charge >= 0.3 is 0 Å². The summed E-state index contributed by atoms with van der Waals surface area (Å²) in [7, 11) is 0. The smallest absolute Gasteiger partial charge is 0.230 e. The predicted octanol–water partition coefficient (Wildman–Crippen LogP) is 3.04. The fourth-order valence-corrected chi connectivity index (χ4v) is 2.68. The largest absolute Gasteiger partial charge is 0.326 e. The number of nitrogens with two attached hydrogens (primary N) is 1. The third-order valence-electron chi connectivity index (χ3n) is 4.06. The van der Waals surface area contributed by atoms with E-state index < -0.39 is 5.82 Å². The van der Waals surface area contributed by atoms with Gasteiger partial charge in [-0.25, -0.2) is 4.39 Å². The summed E-state index contributed by atoms with van der Waals surface area (Å²) in [5.41, 5.74) is 5.69. The number of benzene rings is 1. The van der Waals surface area contributed by atoms with Crippen LogP contribution in [0.2, 0.25) is 0 Å². The van der Waals surface area contributed by atoms with Crippen LogP contribution in [0, 0.1) is 23.1 Å². The summed E-state index contributed by atoms with van der Waals surface area (Å²) in [4.78, 5) is 12.4. The molecule has 1 fully saturated rings. The molecule has 0 heterocycles. The lowest BCUT2D eigenvalue weighted by molar-refractivity contribution is -0.126. The van der Waals surface area contributed by atoms with E-state index in [0.29, 0.717) is 11.3 Å². The van der Waals surface area contributed by atoms with Crippen LogP contribution < -0.4 is 11.1 Å². The normalized spacial score (nSPS) is 16.7. The van der Waals surface area contributed by atoms with Gasteiger partial charge in [0.1, 0.15) is 5.82 Å². The molecule has 0 bridgehead atoms. The van der Waals surface area contributed by atoms with Gasteiger partial charge in [-0.05, 0) is 31.0 Å². The molecule has 0 spiro atoms. The van der Waals surface area contributed by atoms with Crippen molar-refractivity contribution in [2.75, 3.05) is 11.9 Å². The van der Waals surface area contributed by atoms with E-state index in [9.17, 15) is 9.18 Å². The van der Waals surface area contributed by atoms with Crippen LogP contribution in [0.5, 0.6) is 0 Å². The maximum Gasteiger partial charge on any atom is 0.230 e. The maximum absolute atomic E-state index is 13.9. The molecule has 112 valence electrons. The second-order valence-electron chi connectivity index (χ2n) is 5.78. The molecule has 4 heteroatoms. The number of nitrogens with one attached hydrogen (secondary N) is 1. The zero-order valence-electron chi connectivity index (χ0n) is 12.3. The van der Waals surface area contributed by atoms with Gasteiger partial charge in [0, 0.05) is 11.1 Å². The van der Waals surface area contributed by atoms with E-state index in [1.54, 1.807) is 12.1 Å². The van der Waals surface area contributed by atoms with Crippen LogP contribution >= 0.6 is 0 Å². The van der Waals surface area contributed by atoms with Crippen LogP contribution in [0.4, 0.5) is 10.1 Å². The van der Waals surface area contributed by atoms with Gasteiger partial charge in [-0.1, -0.05) is 38.0 Å². The van der Waals surface area contributed by atoms with Crippen molar-refractivity contribution in [2.45, 2.75) is 39.0 Å². The molecule has 1 aromatic carbocycles. The van der Waals surface area contributed by atoms with Crippen LogP contribution in [0.3, 0.4) is 0 Å².